The first-order valence-corrected chi connectivity index (χ1v) is 3.24. The summed E-state index contributed by atoms with van der Waals surface area (Å²) in [5.41, 5.74) is 5.40. The predicted octanol–water partition coefficient (Wildman–Crippen LogP) is -0.0661. The Bertz CT molecular complexity index is 161. The van der Waals surface area contributed by atoms with E-state index < -0.39 is 0 Å². The monoisotopic (exact) mass is 139 g/mol. The summed E-state index contributed by atoms with van der Waals surface area (Å²) in [5.74, 6) is 5.97. The summed E-state index contributed by atoms with van der Waals surface area (Å²) in [4.78, 5) is 3.91. The lowest BCUT2D eigenvalue weighted by Gasteiger charge is -1.97. The van der Waals surface area contributed by atoms with Gasteiger partial charge in [0.15, 0.2) is 5.96 Å². The number of nitrogens with two attached hydrogens (primary N) is 1. The third-order valence-corrected chi connectivity index (χ3v) is 0.863. The van der Waals surface area contributed by atoms with Crippen molar-refractivity contribution in [1.29, 1.82) is 0 Å². The van der Waals surface area contributed by atoms with Gasteiger partial charge in [-0.25, -0.2) is 4.99 Å². The van der Waals surface area contributed by atoms with Crippen molar-refractivity contribution in [3.63, 3.8) is 0 Å². The molecule has 0 saturated carbocycles. The highest BCUT2D eigenvalue weighted by molar-refractivity contribution is 5.77. The van der Waals surface area contributed by atoms with E-state index in [0.717, 1.165) is 6.54 Å². The SMILES string of the molecule is CC#CCN=C(N)NCC. The summed E-state index contributed by atoms with van der Waals surface area (Å²) in [7, 11) is 0. The Morgan fingerprint density at radius 3 is 2.90 bits per heavy atom. The van der Waals surface area contributed by atoms with Crippen LogP contribution < -0.4 is 11.1 Å². The maximum atomic E-state index is 5.40. The first-order valence-electron chi connectivity index (χ1n) is 3.24. The van der Waals surface area contributed by atoms with Gasteiger partial charge in [-0.1, -0.05) is 5.92 Å². The molecule has 0 fully saturated rings. The van der Waals surface area contributed by atoms with Gasteiger partial charge in [0.1, 0.15) is 6.54 Å². The molecule has 0 aromatic rings. The number of rotatable bonds is 2. The summed E-state index contributed by atoms with van der Waals surface area (Å²) in [6.07, 6.45) is 0. The average molecular weight is 139 g/mol. The fraction of sp³-hybridized carbons (Fsp3) is 0.571. The quantitative estimate of drug-likeness (QED) is 0.320. The first-order chi connectivity index (χ1) is 4.81. The molecule has 10 heavy (non-hydrogen) atoms. The molecule has 0 aliphatic heterocycles. The van der Waals surface area contributed by atoms with Crippen LogP contribution in [0.15, 0.2) is 4.99 Å². The molecule has 0 saturated heterocycles. The fourth-order valence-corrected chi connectivity index (χ4v) is 0.441. The number of nitrogens with one attached hydrogen (secondary N) is 1. The Labute approximate surface area is 61.7 Å². The summed E-state index contributed by atoms with van der Waals surface area (Å²) >= 11 is 0. The van der Waals surface area contributed by atoms with Crippen LogP contribution in [0.2, 0.25) is 0 Å². The lowest BCUT2D eigenvalue weighted by molar-refractivity contribution is 0.944. The minimum atomic E-state index is 0.463. The molecule has 0 radical (unpaired) electrons. The molecule has 3 N–H and O–H groups in total. The first kappa shape index (κ1) is 8.83. The van der Waals surface area contributed by atoms with Crippen LogP contribution in [0.3, 0.4) is 0 Å². The molecular formula is C7H13N3. The summed E-state index contributed by atoms with van der Waals surface area (Å²) < 4.78 is 0. The molecular weight excluding hydrogens is 126 g/mol. The highest BCUT2D eigenvalue weighted by Crippen LogP contribution is 1.66. The molecule has 3 nitrogen and oxygen atoms in total. The Morgan fingerprint density at radius 2 is 2.40 bits per heavy atom. The highest BCUT2D eigenvalue weighted by atomic mass is 15.1. The van der Waals surface area contributed by atoms with E-state index in [1.807, 2.05) is 6.92 Å². The molecule has 0 atom stereocenters. The number of aliphatic imine (C=N–C) groups is 1. The second kappa shape index (κ2) is 5.96. The summed E-state index contributed by atoms with van der Waals surface area (Å²) in [6, 6.07) is 0. The smallest absolute Gasteiger partial charge is 0.189 e. The van der Waals surface area contributed by atoms with Gasteiger partial charge in [0.25, 0.3) is 0 Å². The van der Waals surface area contributed by atoms with Gasteiger partial charge in [-0.3, -0.25) is 0 Å². The van der Waals surface area contributed by atoms with E-state index in [9.17, 15) is 0 Å². The van der Waals surface area contributed by atoms with Gasteiger partial charge in [-0.15, -0.1) is 5.92 Å². The minimum absolute atomic E-state index is 0.463. The molecule has 0 aromatic heterocycles. The minimum Gasteiger partial charge on any atom is -0.370 e. The molecule has 56 valence electrons. The van der Waals surface area contributed by atoms with E-state index in [0.29, 0.717) is 12.5 Å². The zero-order valence-corrected chi connectivity index (χ0v) is 6.44. The second-order valence-electron chi connectivity index (χ2n) is 1.66. The number of guanidine groups is 1. The molecule has 3 heteroatoms. The average Bonchev–Trinajstić information content (AvgIpc) is 1.89. The van der Waals surface area contributed by atoms with Crippen molar-refractivity contribution in [2.45, 2.75) is 13.8 Å². The second-order valence-corrected chi connectivity index (χ2v) is 1.66. The van der Waals surface area contributed by atoms with Crippen LogP contribution in [0.25, 0.3) is 0 Å². The van der Waals surface area contributed by atoms with Gasteiger partial charge in [-0.2, -0.15) is 0 Å². The molecule has 0 aliphatic carbocycles. The van der Waals surface area contributed by atoms with E-state index in [2.05, 4.69) is 22.2 Å². The zero-order chi connectivity index (χ0) is 7.82. The lowest BCUT2D eigenvalue weighted by atomic mass is 10.6. The van der Waals surface area contributed by atoms with Crippen molar-refractivity contribution >= 4 is 5.96 Å². The zero-order valence-electron chi connectivity index (χ0n) is 6.44. The molecule has 0 unspecified atom stereocenters. The van der Waals surface area contributed by atoms with Crippen LogP contribution in [0, 0.1) is 11.8 Å². The lowest BCUT2D eigenvalue weighted by Crippen LogP contribution is -2.31. The van der Waals surface area contributed by atoms with Crippen molar-refractivity contribution in [3.8, 4) is 11.8 Å². The van der Waals surface area contributed by atoms with Crippen LogP contribution in [0.1, 0.15) is 13.8 Å². The molecule has 0 bridgehead atoms. The topological polar surface area (TPSA) is 50.4 Å². The molecule has 0 aromatic carbocycles. The van der Waals surface area contributed by atoms with Crippen molar-refractivity contribution in [2.75, 3.05) is 13.1 Å². The van der Waals surface area contributed by atoms with Crippen LogP contribution in [0.4, 0.5) is 0 Å². The normalized spacial score (nSPS) is 10.0. The van der Waals surface area contributed by atoms with E-state index in [1.54, 1.807) is 6.92 Å². The highest BCUT2D eigenvalue weighted by Gasteiger charge is 1.82. The van der Waals surface area contributed by atoms with E-state index in [1.165, 1.54) is 0 Å². The third kappa shape index (κ3) is 4.98. The van der Waals surface area contributed by atoms with Crippen molar-refractivity contribution in [2.24, 2.45) is 10.7 Å². The molecule has 0 rings (SSSR count). The van der Waals surface area contributed by atoms with Crippen LogP contribution in [0.5, 0.6) is 0 Å². The van der Waals surface area contributed by atoms with Gasteiger partial charge in [0.05, 0.1) is 0 Å². The third-order valence-electron chi connectivity index (χ3n) is 0.863. The summed E-state index contributed by atoms with van der Waals surface area (Å²) in [6.45, 7) is 5.02. The Hall–Kier alpha value is -1.17. The molecule has 0 aliphatic rings. The van der Waals surface area contributed by atoms with Crippen LogP contribution in [-0.2, 0) is 0 Å². The summed E-state index contributed by atoms with van der Waals surface area (Å²) in [5, 5.41) is 2.86. The maximum absolute atomic E-state index is 5.40. The van der Waals surface area contributed by atoms with Crippen molar-refractivity contribution < 1.29 is 0 Å². The van der Waals surface area contributed by atoms with Gasteiger partial charge in [-0.05, 0) is 13.8 Å². The largest absolute Gasteiger partial charge is 0.370 e. The van der Waals surface area contributed by atoms with Gasteiger partial charge in [0.2, 0.25) is 0 Å². The fourth-order valence-electron chi connectivity index (χ4n) is 0.441. The predicted molar refractivity (Wildman–Crippen MR) is 43.6 cm³/mol. The number of hydrogen-bond acceptors (Lipinski definition) is 1. The van der Waals surface area contributed by atoms with E-state index in [-0.39, 0.29) is 0 Å². The standard InChI is InChI=1S/C7H13N3/c1-3-5-6-10-7(8)9-4-2/h4,6H2,1-2H3,(H3,8,9,10). The maximum Gasteiger partial charge on any atom is 0.189 e. The Balaban J connectivity index is 3.54. The number of hydrogen-bond donors (Lipinski definition) is 2. The van der Waals surface area contributed by atoms with Gasteiger partial charge < -0.3 is 11.1 Å². The van der Waals surface area contributed by atoms with E-state index in [4.69, 9.17) is 5.73 Å². The number of nitrogens with zero attached hydrogens (tertiary/aromatic N) is 1. The molecule has 0 heterocycles. The van der Waals surface area contributed by atoms with Crippen molar-refractivity contribution in [3.05, 3.63) is 0 Å². The van der Waals surface area contributed by atoms with Gasteiger partial charge in [0, 0.05) is 6.54 Å². The van der Waals surface area contributed by atoms with Crippen molar-refractivity contribution in [1.82, 2.24) is 5.32 Å². The molecule has 0 spiro atoms. The Kier molecular flexibility index (Phi) is 5.26. The van der Waals surface area contributed by atoms with E-state index >= 15 is 0 Å². The van der Waals surface area contributed by atoms with Crippen LogP contribution >= 0.6 is 0 Å². The van der Waals surface area contributed by atoms with Gasteiger partial charge >= 0.3 is 0 Å². The Morgan fingerprint density at radius 1 is 1.70 bits per heavy atom. The van der Waals surface area contributed by atoms with Crippen LogP contribution in [-0.4, -0.2) is 19.0 Å². The molecule has 0 amide bonds.